The summed E-state index contributed by atoms with van der Waals surface area (Å²) in [5, 5.41) is 25.3. The van der Waals surface area contributed by atoms with E-state index in [9.17, 15) is 34.6 Å². The second kappa shape index (κ2) is 14.0. The molecule has 13 heteroatoms. The molecule has 0 spiro atoms. The Labute approximate surface area is 243 Å². The quantitative estimate of drug-likeness (QED) is 0.105. The predicted molar refractivity (Wildman–Crippen MR) is 150 cm³/mol. The highest BCUT2D eigenvalue weighted by atomic mass is 16.6. The smallest absolute Gasteiger partial charge is 0.408 e. The van der Waals surface area contributed by atoms with E-state index in [4.69, 9.17) is 14.2 Å². The van der Waals surface area contributed by atoms with E-state index in [1.165, 1.54) is 12.1 Å². The maximum atomic E-state index is 13.6. The van der Waals surface area contributed by atoms with Gasteiger partial charge in [-0.15, -0.1) is 0 Å². The average molecular weight is 586 g/mol. The van der Waals surface area contributed by atoms with Crippen LogP contribution in [0.15, 0.2) is 109 Å². The third-order valence-electron chi connectivity index (χ3n) is 5.98. The number of hydrogen-bond donors (Lipinski definition) is 1. The first kappa shape index (κ1) is 29.9. The van der Waals surface area contributed by atoms with E-state index in [0.29, 0.717) is 17.2 Å². The van der Waals surface area contributed by atoms with Crippen molar-refractivity contribution in [3.05, 3.63) is 146 Å². The lowest BCUT2D eigenvalue weighted by Crippen LogP contribution is -2.45. The van der Waals surface area contributed by atoms with Crippen molar-refractivity contribution in [2.24, 2.45) is 0 Å². The number of nitro groups is 2. The molecule has 218 valence electrons. The van der Waals surface area contributed by atoms with E-state index in [1.807, 2.05) is 0 Å². The fourth-order valence-corrected chi connectivity index (χ4v) is 3.91. The first-order valence-corrected chi connectivity index (χ1v) is 12.7. The van der Waals surface area contributed by atoms with Gasteiger partial charge >= 0.3 is 23.7 Å². The highest BCUT2D eigenvalue weighted by Gasteiger charge is 2.38. The Balaban J connectivity index is 1.68. The zero-order chi connectivity index (χ0) is 30.8. The van der Waals surface area contributed by atoms with E-state index < -0.39 is 57.1 Å². The van der Waals surface area contributed by atoms with Gasteiger partial charge in [-0.1, -0.05) is 78.9 Å². The number of nitrogens with one attached hydrogen (secondary N) is 1. The van der Waals surface area contributed by atoms with Gasteiger partial charge in [0.25, 0.3) is 5.69 Å². The maximum Gasteiger partial charge on any atom is 0.408 e. The highest BCUT2D eigenvalue weighted by Crippen LogP contribution is 2.32. The molecule has 0 bridgehead atoms. The van der Waals surface area contributed by atoms with E-state index in [2.05, 4.69) is 5.32 Å². The van der Waals surface area contributed by atoms with Crippen molar-refractivity contribution in [2.45, 2.75) is 18.8 Å². The topological polar surface area (TPSA) is 177 Å². The third-order valence-corrected chi connectivity index (χ3v) is 5.98. The van der Waals surface area contributed by atoms with Gasteiger partial charge in [0.05, 0.1) is 21.5 Å². The van der Waals surface area contributed by atoms with E-state index in [0.717, 1.165) is 12.1 Å². The minimum atomic E-state index is -1.89. The summed E-state index contributed by atoms with van der Waals surface area (Å²) in [6.07, 6.45) is -2.86. The van der Waals surface area contributed by atoms with Crippen LogP contribution >= 0.6 is 0 Å². The number of nitro benzene ring substituents is 2. The Morgan fingerprint density at radius 1 is 0.767 bits per heavy atom. The summed E-state index contributed by atoms with van der Waals surface area (Å²) in [5.74, 6) is -2.90. The molecule has 0 aliphatic heterocycles. The SMILES string of the molecule is O=C(N[C@H](c1ccccc1)[C@@H](OC(=O)c1ccccc1)C(=O)Oc1ccc([N+](=O)[O-])cc1[N+](=O)[O-])OCc1ccccc1. The summed E-state index contributed by atoms with van der Waals surface area (Å²) >= 11 is 0. The monoisotopic (exact) mass is 585 g/mol. The predicted octanol–water partition coefficient (Wildman–Crippen LogP) is 5.30. The van der Waals surface area contributed by atoms with Gasteiger partial charge in [0.2, 0.25) is 11.9 Å². The molecule has 0 fully saturated rings. The number of non-ortho nitro benzene ring substituents is 1. The fourth-order valence-electron chi connectivity index (χ4n) is 3.91. The molecule has 4 aromatic carbocycles. The van der Waals surface area contributed by atoms with Crippen LogP contribution in [0.25, 0.3) is 0 Å². The molecule has 0 unspecified atom stereocenters. The number of esters is 2. The lowest BCUT2D eigenvalue weighted by molar-refractivity contribution is -0.394. The van der Waals surface area contributed by atoms with Gasteiger partial charge in [-0.3, -0.25) is 20.2 Å². The molecule has 1 N–H and O–H groups in total. The summed E-state index contributed by atoms with van der Waals surface area (Å²) in [6.45, 7) is -0.109. The van der Waals surface area contributed by atoms with Crippen LogP contribution in [0.4, 0.5) is 16.2 Å². The molecule has 4 aromatic rings. The minimum absolute atomic E-state index is 0.0695. The van der Waals surface area contributed by atoms with Gasteiger partial charge in [-0.2, -0.15) is 0 Å². The van der Waals surface area contributed by atoms with E-state index in [1.54, 1.807) is 78.9 Å². The van der Waals surface area contributed by atoms with Gasteiger partial charge in [-0.25, -0.2) is 14.4 Å². The molecular weight excluding hydrogens is 562 g/mol. The van der Waals surface area contributed by atoms with Crippen LogP contribution in [-0.4, -0.2) is 34.0 Å². The average Bonchev–Trinajstić information content (AvgIpc) is 3.02. The largest absolute Gasteiger partial charge is 0.445 e. The van der Waals surface area contributed by atoms with Crippen molar-refractivity contribution >= 4 is 29.4 Å². The second-order valence-corrected chi connectivity index (χ2v) is 8.87. The van der Waals surface area contributed by atoms with Crippen LogP contribution in [0.5, 0.6) is 5.75 Å². The molecular formula is C30H23N3O10. The van der Waals surface area contributed by atoms with Crippen molar-refractivity contribution in [1.82, 2.24) is 5.32 Å². The van der Waals surface area contributed by atoms with Gasteiger partial charge in [0.15, 0.2) is 0 Å². The fraction of sp³-hybridized carbons (Fsp3) is 0.100. The summed E-state index contributed by atoms with van der Waals surface area (Å²) in [7, 11) is 0. The van der Waals surface area contributed by atoms with Crippen molar-refractivity contribution in [3.8, 4) is 5.75 Å². The van der Waals surface area contributed by atoms with Crippen LogP contribution < -0.4 is 10.1 Å². The zero-order valence-electron chi connectivity index (χ0n) is 22.2. The van der Waals surface area contributed by atoms with Crippen molar-refractivity contribution in [3.63, 3.8) is 0 Å². The third kappa shape index (κ3) is 7.98. The molecule has 0 radical (unpaired) electrons. The molecule has 0 aliphatic rings. The number of ether oxygens (including phenoxy) is 3. The first-order valence-electron chi connectivity index (χ1n) is 12.7. The number of hydrogen-bond acceptors (Lipinski definition) is 10. The number of rotatable bonds is 11. The Bertz CT molecular complexity index is 1620. The van der Waals surface area contributed by atoms with Crippen LogP contribution in [0.3, 0.4) is 0 Å². The summed E-state index contributed by atoms with van der Waals surface area (Å²) in [5.41, 5.74) is -0.420. The minimum Gasteiger partial charge on any atom is -0.445 e. The number of amides is 1. The van der Waals surface area contributed by atoms with Crippen LogP contribution in [0.2, 0.25) is 0 Å². The standard InChI is InChI=1S/C30H23N3O10/c34-28(22-14-8-3-9-15-22)43-27(29(35)42-25-17-16-23(32(37)38)18-24(25)33(39)40)26(21-12-6-2-7-13-21)31-30(36)41-19-20-10-4-1-5-11-20/h1-18,26-27H,19H2,(H,31,36)/t26-,27-/m1/s1. The van der Waals surface area contributed by atoms with Gasteiger partial charge in [0, 0.05) is 6.07 Å². The number of carbonyl (C=O) groups is 3. The molecule has 4 rings (SSSR count). The number of benzene rings is 4. The maximum absolute atomic E-state index is 13.6. The zero-order valence-corrected chi connectivity index (χ0v) is 22.2. The first-order chi connectivity index (χ1) is 20.7. The molecule has 1 amide bonds. The summed E-state index contributed by atoms with van der Waals surface area (Å²) in [6, 6.07) is 25.5. The molecule has 0 aliphatic carbocycles. The number of nitrogens with zero attached hydrogens (tertiary/aromatic N) is 2. The second-order valence-electron chi connectivity index (χ2n) is 8.87. The highest BCUT2D eigenvalue weighted by molar-refractivity contribution is 5.92. The molecule has 0 saturated heterocycles. The Hall–Kier alpha value is -6.11. The van der Waals surface area contributed by atoms with Gasteiger partial charge in [0.1, 0.15) is 12.6 Å². The normalized spacial score (nSPS) is 11.8. The molecule has 43 heavy (non-hydrogen) atoms. The molecule has 13 nitrogen and oxygen atoms in total. The summed E-state index contributed by atoms with van der Waals surface area (Å²) in [4.78, 5) is 60.5. The Morgan fingerprint density at radius 3 is 1.98 bits per heavy atom. The van der Waals surface area contributed by atoms with Crippen molar-refractivity contribution < 1.29 is 38.4 Å². The summed E-state index contributed by atoms with van der Waals surface area (Å²) < 4.78 is 16.1. The Morgan fingerprint density at radius 2 is 1.37 bits per heavy atom. The van der Waals surface area contributed by atoms with E-state index in [-0.39, 0.29) is 12.2 Å². The lowest BCUT2D eigenvalue weighted by Gasteiger charge is -2.26. The van der Waals surface area contributed by atoms with Crippen molar-refractivity contribution in [1.29, 1.82) is 0 Å². The molecule has 0 saturated carbocycles. The van der Waals surface area contributed by atoms with Crippen molar-refractivity contribution in [2.75, 3.05) is 0 Å². The number of alkyl carbamates (subject to hydrolysis) is 1. The molecule has 2 atom stereocenters. The van der Waals surface area contributed by atoms with Gasteiger partial charge < -0.3 is 19.5 Å². The van der Waals surface area contributed by atoms with Crippen LogP contribution in [0.1, 0.15) is 27.5 Å². The molecule has 0 aromatic heterocycles. The Kier molecular flexibility index (Phi) is 9.71. The molecule has 0 heterocycles. The van der Waals surface area contributed by atoms with E-state index >= 15 is 0 Å². The van der Waals surface area contributed by atoms with Gasteiger partial charge in [-0.05, 0) is 29.3 Å². The lowest BCUT2D eigenvalue weighted by atomic mass is 10.0. The van der Waals surface area contributed by atoms with Crippen LogP contribution in [-0.2, 0) is 20.9 Å². The number of carbonyl (C=O) groups excluding carboxylic acids is 3. The van der Waals surface area contributed by atoms with Crippen LogP contribution in [0, 0.1) is 20.2 Å².